The maximum atomic E-state index is 14.5. The Balaban J connectivity index is 2.42. The van der Waals surface area contributed by atoms with Gasteiger partial charge in [-0.25, -0.2) is 0 Å². The summed E-state index contributed by atoms with van der Waals surface area (Å²) in [7, 11) is 0. The highest BCUT2D eigenvalue weighted by Gasteiger charge is 2.39. The average molecular weight is 1520 g/mol. The SMILES string of the molecule is CSC[C@H](NC(=O)CCC(=O)[C@H](CC(C)C)NC(=O)[C@@H]1CCCN1C(=O)COCCCC(=O)[C@H](Cc1ccc(C(C)=O)cc1)NC(=O)[C@@H](CCC(=O)O)CC(=O)[C@@H](CCC(=O)O)NC(=O)[C@@H](CCC(=O)O)CC(=O)[C@@H](CCC(=O)O)NC(=O)[C@@H](CCC(=O)O)CC(=O)[C@@H](CCCCN)NC(C)=O)C(C)(C)C. The van der Waals surface area contributed by atoms with Gasteiger partial charge in [0.1, 0.15) is 12.6 Å². The molecule has 10 atom stereocenters. The van der Waals surface area contributed by atoms with Gasteiger partial charge in [-0.15, -0.1) is 0 Å². The number of ether oxygens (including phenoxy) is 1. The molecule has 7 amide bonds. The maximum absolute atomic E-state index is 14.5. The topological polar surface area (TPSA) is 519 Å². The first-order chi connectivity index (χ1) is 49.8. The predicted octanol–water partition coefficient (Wildman–Crippen LogP) is 3.70. The number of carboxylic acid groups (broad SMARTS) is 5. The molecule has 0 aromatic heterocycles. The molecule has 13 N–H and O–H groups in total. The molecule has 1 fully saturated rings. The van der Waals surface area contributed by atoms with Gasteiger partial charge in [-0.05, 0) is 120 Å². The number of ketones is 6. The largest absolute Gasteiger partial charge is 0.481 e. The Bertz CT molecular complexity index is 3230. The lowest BCUT2D eigenvalue weighted by atomic mass is 9.87. The van der Waals surface area contributed by atoms with E-state index in [9.17, 15) is 112 Å². The summed E-state index contributed by atoms with van der Waals surface area (Å²) in [6.07, 6.45) is -6.11. The number of hydrogen-bond acceptors (Lipinski definition) is 21. The van der Waals surface area contributed by atoms with E-state index in [-0.39, 0.29) is 99.5 Å². The summed E-state index contributed by atoms with van der Waals surface area (Å²) in [5.41, 5.74) is 6.11. The van der Waals surface area contributed by atoms with Gasteiger partial charge in [-0.2, -0.15) is 11.8 Å². The second kappa shape index (κ2) is 48.4. The molecule has 592 valence electrons. The zero-order chi connectivity index (χ0) is 80.0. The molecule has 106 heavy (non-hydrogen) atoms. The summed E-state index contributed by atoms with van der Waals surface area (Å²) >= 11 is 1.59. The van der Waals surface area contributed by atoms with Gasteiger partial charge in [-0.3, -0.25) is 86.3 Å². The second-order valence-corrected chi connectivity index (χ2v) is 29.3. The van der Waals surface area contributed by atoms with E-state index in [0.29, 0.717) is 42.6 Å². The van der Waals surface area contributed by atoms with Gasteiger partial charge in [0.05, 0.1) is 30.2 Å². The van der Waals surface area contributed by atoms with Crippen LogP contribution in [0.4, 0.5) is 0 Å². The number of amides is 7. The van der Waals surface area contributed by atoms with Crippen LogP contribution in [0.2, 0.25) is 0 Å². The number of nitrogens with zero attached hydrogens (tertiary/aromatic N) is 1. The standard InChI is InChI=1S/C73H110N8O24S/c1-42(2)35-53(57(85)25-26-62(89)80-61(41-106-8)73(5,6)7)79-72(104)55-14-11-33-81(55)63(90)40-105-34-12-15-56(84)54(36-45-16-18-46(19-17-45)43(3)82)78-71(103)49(22-29-66(95)96)39-60(88)52(24-31-68(99)100)77-70(102)48(21-28-65(93)94)38-59(87)51(23-30-67(97)98)76-69(101)47(20-27-64(91)92)37-58(86)50(75-44(4)83)13-9-10-32-74/h16-19,42,47-55,61H,9-15,20-41,74H2,1-8H3,(H,75,83)(H,76,101)(H,77,102)(H,78,103)(H,79,104)(H,80,89)(H,91,92)(H,93,94)(H,95,96)(H,97,98)(H,99,100)/t47-,48-,49-,50+,51+,52+,53-,54-,55-,61-/m0/s1. The molecule has 1 heterocycles. The number of aliphatic carboxylic acids is 5. The Kier molecular flexibility index (Phi) is 42.5. The first kappa shape index (κ1) is 93.2. The maximum Gasteiger partial charge on any atom is 0.303 e. The molecule has 0 saturated carbocycles. The van der Waals surface area contributed by atoms with E-state index < -0.39 is 233 Å². The van der Waals surface area contributed by atoms with Gasteiger partial charge in [0, 0.05) is 126 Å². The predicted molar refractivity (Wildman–Crippen MR) is 385 cm³/mol. The first-order valence-corrected chi connectivity index (χ1v) is 37.3. The number of rotatable bonds is 56. The van der Waals surface area contributed by atoms with Crippen LogP contribution in [0, 0.1) is 29.1 Å². The van der Waals surface area contributed by atoms with Crippen LogP contribution >= 0.6 is 11.8 Å². The Labute approximate surface area is 621 Å². The fourth-order valence-corrected chi connectivity index (χ4v) is 12.8. The molecule has 1 aromatic carbocycles. The van der Waals surface area contributed by atoms with Crippen molar-refractivity contribution in [2.45, 2.75) is 245 Å². The number of carbonyl (C=O) groups is 18. The van der Waals surface area contributed by atoms with Gasteiger partial charge in [0.2, 0.25) is 41.4 Å². The molecule has 1 aromatic rings. The molecule has 32 nitrogen and oxygen atoms in total. The highest BCUT2D eigenvalue weighted by Crippen LogP contribution is 2.26. The van der Waals surface area contributed by atoms with Crippen LogP contribution in [0.15, 0.2) is 24.3 Å². The zero-order valence-electron chi connectivity index (χ0n) is 62.1. The lowest BCUT2D eigenvalue weighted by Crippen LogP contribution is -2.52. The molecular weight excluding hydrogens is 1400 g/mol. The van der Waals surface area contributed by atoms with Gasteiger partial charge in [0.25, 0.3) is 0 Å². The van der Waals surface area contributed by atoms with Crippen LogP contribution in [0.3, 0.4) is 0 Å². The fraction of sp³-hybridized carbons (Fsp3) is 0.671. The van der Waals surface area contributed by atoms with Crippen LogP contribution < -0.4 is 37.6 Å². The van der Waals surface area contributed by atoms with Crippen molar-refractivity contribution in [3.63, 3.8) is 0 Å². The third kappa shape index (κ3) is 36.9. The van der Waals surface area contributed by atoms with Crippen molar-refractivity contribution in [2.75, 3.05) is 38.3 Å². The zero-order valence-corrected chi connectivity index (χ0v) is 62.9. The van der Waals surface area contributed by atoms with E-state index in [4.69, 9.17) is 10.5 Å². The smallest absolute Gasteiger partial charge is 0.303 e. The van der Waals surface area contributed by atoms with Crippen molar-refractivity contribution < 1.29 is 117 Å². The van der Waals surface area contributed by atoms with Crippen LogP contribution in [-0.4, -0.2) is 217 Å². The van der Waals surface area contributed by atoms with Crippen molar-refractivity contribution in [1.29, 1.82) is 0 Å². The van der Waals surface area contributed by atoms with Crippen LogP contribution in [0.5, 0.6) is 0 Å². The Morgan fingerprint density at radius 2 is 0.991 bits per heavy atom. The lowest BCUT2D eigenvalue weighted by Gasteiger charge is -2.31. The number of thioether (sulfide) groups is 1. The lowest BCUT2D eigenvalue weighted by molar-refractivity contribution is -0.142. The Hall–Kier alpha value is -8.85. The minimum atomic E-state index is -1.83. The molecule has 1 saturated heterocycles. The molecule has 2 rings (SSSR count). The molecule has 0 radical (unpaired) electrons. The number of carboxylic acids is 5. The highest BCUT2D eigenvalue weighted by atomic mass is 32.2. The minimum Gasteiger partial charge on any atom is -0.481 e. The minimum absolute atomic E-state index is 0.0168. The first-order valence-electron chi connectivity index (χ1n) is 35.9. The number of nitrogens with two attached hydrogens (primary N) is 1. The van der Waals surface area contributed by atoms with Crippen molar-refractivity contribution in [1.82, 2.24) is 36.8 Å². The van der Waals surface area contributed by atoms with Crippen LogP contribution in [0.25, 0.3) is 0 Å². The quantitative estimate of drug-likeness (QED) is 0.0327. The van der Waals surface area contributed by atoms with Crippen molar-refractivity contribution >= 4 is 118 Å². The van der Waals surface area contributed by atoms with E-state index in [1.165, 1.54) is 36.1 Å². The molecule has 0 unspecified atom stereocenters. The average Bonchev–Trinajstić information content (AvgIpc) is 1.62. The van der Waals surface area contributed by atoms with Crippen LogP contribution in [-0.2, 0) is 92.7 Å². The van der Waals surface area contributed by atoms with Gasteiger partial charge < -0.3 is 72.8 Å². The number of Topliss-reactive ketones (excluding diaryl/α,β-unsaturated/α-hetero) is 6. The number of unbranched alkanes of at least 4 members (excludes halogenated alkanes) is 1. The summed E-state index contributed by atoms with van der Waals surface area (Å²) in [6.45, 7) is 12.0. The van der Waals surface area contributed by atoms with Gasteiger partial charge in [-0.1, -0.05) is 58.9 Å². The Morgan fingerprint density at radius 1 is 0.538 bits per heavy atom. The molecule has 1 aliphatic rings. The van der Waals surface area contributed by atoms with E-state index >= 15 is 0 Å². The van der Waals surface area contributed by atoms with E-state index in [1.807, 2.05) is 40.9 Å². The molecule has 33 heteroatoms. The van der Waals surface area contributed by atoms with E-state index in [0.717, 1.165) is 6.92 Å². The van der Waals surface area contributed by atoms with Crippen molar-refractivity contribution in [3.8, 4) is 0 Å². The van der Waals surface area contributed by atoms with Crippen LogP contribution in [0.1, 0.15) is 212 Å². The van der Waals surface area contributed by atoms with Crippen molar-refractivity contribution in [2.24, 2.45) is 34.8 Å². The number of likely N-dealkylation sites (tertiary alicyclic amines) is 1. The third-order valence-electron chi connectivity index (χ3n) is 18.0. The van der Waals surface area contributed by atoms with E-state index in [1.54, 1.807) is 11.8 Å². The fourth-order valence-electron chi connectivity index (χ4n) is 11.9. The van der Waals surface area contributed by atoms with E-state index in [2.05, 4.69) is 31.9 Å². The summed E-state index contributed by atoms with van der Waals surface area (Å²) in [4.78, 5) is 238. The van der Waals surface area contributed by atoms with Gasteiger partial charge in [0.15, 0.2) is 34.7 Å². The summed E-state index contributed by atoms with van der Waals surface area (Å²) in [6, 6.07) is -2.11. The normalized spacial score (nSPS) is 15.3. The Morgan fingerprint density at radius 3 is 1.42 bits per heavy atom. The molecular formula is C73H110N8O24S. The monoisotopic (exact) mass is 1510 g/mol. The number of nitrogens with one attached hydrogen (secondary N) is 6. The molecule has 0 aliphatic carbocycles. The molecule has 0 bridgehead atoms. The van der Waals surface area contributed by atoms with Crippen molar-refractivity contribution in [3.05, 3.63) is 35.4 Å². The number of hydrogen-bond donors (Lipinski definition) is 12. The molecule has 0 spiro atoms. The number of benzene rings is 1. The summed E-state index contributed by atoms with van der Waals surface area (Å²) in [5, 5.41) is 64.0. The molecule has 1 aliphatic heterocycles. The highest BCUT2D eigenvalue weighted by molar-refractivity contribution is 7.98. The number of carbonyl (C=O) groups excluding carboxylic acids is 13. The van der Waals surface area contributed by atoms with Gasteiger partial charge >= 0.3 is 29.8 Å². The summed E-state index contributed by atoms with van der Waals surface area (Å²) < 4.78 is 5.71. The third-order valence-corrected chi connectivity index (χ3v) is 18.7. The summed E-state index contributed by atoms with van der Waals surface area (Å²) in [5.74, 6) is -20.7. The second-order valence-electron chi connectivity index (χ2n) is 28.4.